The van der Waals surface area contributed by atoms with E-state index in [0.29, 0.717) is 23.7 Å². The fourth-order valence-corrected chi connectivity index (χ4v) is 5.51. The molecule has 31 heavy (non-hydrogen) atoms. The zero-order chi connectivity index (χ0) is 21.1. The van der Waals surface area contributed by atoms with Crippen molar-refractivity contribution in [3.05, 3.63) is 60.0 Å². The molecule has 0 radical (unpaired) electrons. The van der Waals surface area contributed by atoms with Gasteiger partial charge in [-0.1, -0.05) is 18.2 Å². The quantitative estimate of drug-likeness (QED) is 0.444. The van der Waals surface area contributed by atoms with Crippen LogP contribution in [0.2, 0.25) is 0 Å². The van der Waals surface area contributed by atoms with Crippen molar-refractivity contribution in [2.24, 2.45) is 0 Å². The second kappa shape index (κ2) is 6.82. The number of hydrogen-bond acceptors (Lipinski definition) is 5. The van der Waals surface area contributed by atoms with E-state index in [0.717, 1.165) is 49.9 Å². The molecule has 0 unspecified atom stereocenters. The predicted octanol–water partition coefficient (Wildman–Crippen LogP) is 4.70. The van der Waals surface area contributed by atoms with Gasteiger partial charge in [0.25, 0.3) is 0 Å². The average Bonchev–Trinajstić information content (AvgIpc) is 3.51. The summed E-state index contributed by atoms with van der Waals surface area (Å²) in [7, 11) is 0. The van der Waals surface area contributed by atoms with Gasteiger partial charge in [-0.05, 0) is 57.6 Å². The molecule has 2 saturated carbocycles. The van der Waals surface area contributed by atoms with Crippen molar-refractivity contribution in [2.75, 3.05) is 6.61 Å². The molecule has 4 aliphatic rings. The van der Waals surface area contributed by atoms with E-state index in [1.54, 1.807) is 18.3 Å². The van der Waals surface area contributed by atoms with Crippen LogP contribution < -0.4 is 9.47 Å². The molecule has 2 saturated heterocycles. The molecule has 4 heterocycles. The largest absolute Gasteiger partial charge is 0.489 e. The van der Waals surface area contributed by atoms with Gasteiger partial charge in [0.15, 0.2) is 0 Å². The summed E-state index contributed by atoms with van der Waals surface area (Å²) in [6, 6.07) is 11.0. The van der Waals surface area contributed by atoms with E-state index >= 15 is 0 Å². The maximum absolute atomic E-state index is 13.1. The number of aromatic nitrogens is 2. The third-order valence-electron chi connectivity index (χ3n) is 6.99. The minimum atomic E-state index is -0.421. The van der Waals surface area contributed by atoms with Gasteiger partial charge in [0.05, 0.1) is 24.0 Å². The Labute approximate surface area is 181 Å². The van der Waals surface area contributed by atoms with Gasteiger partial charge in [-0.3, -0.25) is 0 Å². The highest BCUT2D eigenvalue weighted by molar-refractivity contribution is 5.94. The Bertz CT molecular complexity index is 1140. The van der Waals surface area contributed by atoms with E-state index in [1.165, 1.54) is 0 Å². The van der Waals surface area contributed by atoms with E-state index in [-0.39, 0.29) is 17.1 Å². The smallest absolute Gasteiger partial charge is 0.348 e. The topological polar surface area (TPSA) is 62.1 Å². The molecular weight excluding hydrogens is 392 g/mol. The molecule has 0 amide bonds. The van der Waals surface area contributed by atoms with Crippen molar-refractivity contribution in [3.8, 4) is 11.5 Å². The molecule has 7 rings (SSSR count). The number of imidazole rings is 1. The Morgan fingerprint density at radius 3 is 2.65 bits per heavy atom. The molecule has 2 aromatic heterocycles. The van der Waals surface area contributed by atoms with Crippen molar-refractivity contribution >= 4 is 11.6 Å². The SMILES string of the molecule is CC12CC(c3cn4cc(C(=O)Oc5ccccc5)c(OC5CCCC5)cc4n3)(CO1)C2. The van der Waals surface area contributed by atoms with E-state index < -0.39 is 5.97 Å². The van der Waals surface area contributed by atoms with Crippen LogP contribution in [0.4, 0.5) is 0 Å². The number of carbonyl (C=O) groups is 1. The number of ether oxygens (including phenoxy) is 3. The van der Waals surface area contributed by atoms with Crippen molar-refractivity contribution < 1.29 is 19.0 Å². The van der Waals surface area contributed by atoms with E-state index in [2.05, 4.69) is 6.92 Å². The zero-order valence-corrected chi connectivity index (χ0v) is 17.7. The number of rotatable bonds is 5. The third kappa shape index (κ3) is 3.21. The first-order valence-electron chi connectivity index (χ1n) is 11.1. The standard InChI is InChI=1S/C25H26N2O4/c1-24-14-25(15-24,16-29-24)21-13-27-12-19(23(28)31-18-7-3-2-4-8-18)20(11-22(27)26-21)30-17-9-5-6-10-17/h2-4,7-8,11-13,17H,5-6,9-10,14-16H2,1H3. The number of fused-ring (bicyclic) bond motifs is 2. The Hall–Kier alpha value is -2.86. The highest BCUT2D eigenvalue weighted by Crippen LogP contribution is 2.58. The Balaban J connectivity index is 1.37. The first-order valence-corrected chi connectivity index (χ1v) is 11.1. The fraction of sp³-hybridized carbons (Fsp3) is 0.440. The lowest BCUT2D eigenvalue weighted by Crippen LogP contribution is -2.45. The lowest BCUT2D eigenvalue weighted by atomic mass is 9.62. The number of hydrogen-bond donors (Lipinski definition) is 0. The molecule has 6 nitrogen and oxygen atoms in total. The van der Waals surface area contributed by atoms with Gasteiger partial charge < -0.3 is 18.6 Å². The summed E-state index contributed by atoms with van der Waals surface area (Å²) in [4.78, 5) is 18.0. The number of carbonyl (C=O) groups excluding carboxylic acids is 1. The lowest BCUT2D eigenvalue weighted by Gasteiger charge is -2.41. The Kier molecular flexibility index (Phi) is 4.15. The number of para-hydroxylation sites is 1. The average molecular weight is 418 g/mol. The lowest BCUT2D eigenvalue weighted by molar-refractivity contribution is 0.0154. The number of benzene rings is 1. The molecule has 0 N–H and O–H groups in total. The summed E-state index contributed by atoms with van der Waals surface area (Å²) in [6.45, 7) is 2.88. The second-order valence-electron chi connectivity index (χ2n) is 9.54. The van der Waals surface area contributed by atoms with Gasteiger partial charge in [-0.25, -0.2) is 9.78 Å². The predicted molar refractivity (Wildman–Crippen MR) is 115 cm³/mol. The van der Waals surface area contributed by atoms with Crippen LogP contribution in [0.15, 0.2) is 48.8 Å². The Morgan fingerprint density at radius 1 is 1.16 bits per heavy atom. The van der Waals surface area contributed by atoms with Crippen LogP contribution in [0.25, 0.3) is 5.65 Å². The molecule has 2 aliphatic heterocycles. The first kappa shape index (κ1) is 18.9. The first-order chi connectivity index (χ1) is 15.0. The summed E-state index contributed by atoms with van der Waals surface area (Å²) in [5, 5.41) is 0. The molecule has 0 spiro atoms. The van der Waals surface area contributed by atoms with Crippen LogP contribution >= 0.6 is 0 Å². The van der Waals surface area contributed by atoms with Crippen molar-refractivity contribution in [1.82, 2.24) is 9.38 Å². The molecule has 1 aromatic carbocycles. The summed E-state index contributed by atoms with van der Waals surface area (Å²) in [5.41, 5.74) is 2.23. The van der Waals surface area contributed by atoms with Crippen LogP contribution in [-0.4, -0.2) is 33.7 Å². The maximum atomic E-state index is 13.1. The molecule has 2 aliphatic carbocycles. The summed E-state index contributed by atoms with van der Waals surface area (Å²) in [6.07, 6.45) is 10.3. The molecule has 0 atom stereocenters. The van der Waals surface area contributed by atoms with E-state index in [4.69, 9.17) is 19.2 Å². The Morgan fingerprint density at radius 2 is 1.94 bits per heavy atom. The van der Waals surface area contributed by atoms with E-state index in [9.17, 15) is 4.79 Å². The van der Waals surface area contributed by atoms with Gasteiger partial charge in [0.1, 0.15) is 22.7 Å². The summed E-state index contributed by atoms with van der Waals surface area (Å²) < 4.78 is 19.8. The number of pyridine rings is 1. The van der Waals surface area contributed by atoms with Gasteiger partial charge in [0, 0.05) is 23.9 Å². The van der Waals surface area contributed by atoms with Gasteiger partial charge in [0.2, 0.25) is 0 Å². The monoisotopic (exact) mass is 418 g/mol. The molecule has 3 aromatic rings. The third-order valence-corrected chi connectivity index (χ3v) is 6.99. The molecule has 2 bridgehead atoms. The number of nitrogens with zero attached hydrogens (tertiary/aromatic N) is 2. The maximum Gasteiger partial charge on any atom is 0.348 e. The van der Waals surface area contributed by atoms with Crippen molar-refractivity contribution in [3.63, 3.8) is 0 Å². The van der Waals surface area contributed by atoms with Crippen LogP contribution in [-0.2, 0) is 10.2 Å². The highest BCUT2D eigenvalue weighted by atomic mass is 16.5. The molecule has 160 valence electrons. The van der Waals surface area contributed by atoms with Crippen LogP contribution in [0.5, 0.6) is 11.5 Å². The van der Waals surface area contributed by atoms with Gasteiger partial charge in [-0.2, -0.15) is 0 Å². The van der Waals surface area contributed by atoms with E-state index in [1.807, 2.05) is 34.9 Å². The molecule has 6 heteroatoms. The van der Waals surface area contributed by atoms with Crippen LogP contribution in [0, 0.1) is 0 Å². The highest BCUT2D eigenvalue weighted by Gasteiger charge is 2.61. The van der Waals surface area contributed by atoms with Gasteiger partial charge >= 0.3 is 5.97 Å². The fourth-order valence-electron chi connectivity index (χ4n) is 5.51. The molecule has 4 fully saturated rings. The molecular formula is C25H26N2O4. The second-order valence-corrected chi connectivity index (χ2v) is 9.54. The summed E-state index contributed by atoms with van der Waals surface area (Å²) in [5.74, 6) is 0.646. The van der Waals surface area contributed by atoms with Crippen LogP contribution in [0.3, 0.4) is 0 Å². The minimum Gasteiger partial charge on any atom is -0.489 e. The minimum absolute atomic E-state index is 0.00203. The van der Waals surface area contributed by atoms with Crippen molar-refractivity contribution in [1.29, 1.82) is 0 Å². The normalized spacial score (nSPS) is 27.4. The van der Waals surface area contributed by atoms with Crippen LogP contribution in [0.1, 0.15) is 61.5 Å². The van der Waals surface area contributed by atoms with Gasteiger partial charge in [-0.15, -0.1) is 0 Å². The summed E-state index contributed by atoms with van der Waals surface area (Å²) >= 11 is 0. The van der Waals surface area contributed by atoms with Crippen molar-refractivity contribution in [2.45, 2.75) is 62.6 Å². The zero-order valence-electron chi connectivity index (χ0n) is 17.7. The number of esters is 1.